The molecule has 0 heterocycles. The Balaban J connectivity index is 6.44. The normalized spacial score (nSPS) is 19.1. The zero-order valence-electron chi connectivity index (χ0n) is 17.7. The van der Waals surface area contributed by atoms with Gasteiger partial charge in [-0.25, -0.2) is 4.79 Å². The van der Waals surface area contributed by atoms with E-state index in [0.29, 0.717) is 0 Å². The molecule has 224 valence electrons. The maximum atomic E-state index is 14.2. The van der Waals surface area contributed by atoms with E-state index in [-0.39, 0.29) is 0 Å². The van der Waals surface area contributed by atoms with Gasteiger partial charge in [0, 0.05) is 0 Å². The summed E-state index contributed by atoms with van der Waals surface area (Å²) < 4.78 is 228. The number of carbonyl (C=O) groups excluding carboxylic acids is 1. The first-order valence-electron chi connectivity index (χ1n) is 8.84. The second-order valence-corrected chi connectivity index (χ2v) is 7.15. The van der Waals surface area contributed by atoms with Gasteiger partial charge in [-0.1, -0.05) is 5.92 Å². The fourth-order valence-corrected chi connectivity index (χ4v) is 1.89. The van der Waals surface area contributed by atoms with Crippen LogP contribution in [0.2, 0.25) is 0 Å². The molecule has 0 saturated carbocycles. The maximum Gasteiger partial charge on any atom is 0.462 e. The van der Waals surface area contributed by atoms with Gasteiger partial charge in [0.1, 0.15) is 5.60 Å². The Hall–Kier alpha value is -2.28. The summed E-state index contributed by atoms with van der Waals surface area (Å²) in [5.41, 5.74) is -2.05. The second kappa shape index (κ2) is 10.4. The van der Waals surface area contributed by atoms with E-state index in [2.05, 4.69) is 4.74 Å². The molecule has 3 unspecified atom stereocenters. The van der Waals surface area contributed by atoms with Gasteiger partial charge in [-0.05, 0) is 19.8 Å². The molecule has 3 atom stereocenters. The third kappa shape index (κ3) is 7.02. The van der Waals surface area contributed by atoms with Crippen LogP contribution in [0.5, 0.6) is 0 Å². The predicted molar refractivity (Wildman–Crippen MR) is 82.5 cm³/mol. The molecule has 38 heavy (non-hydrogen) atoms. The van der Waals surface area contributed by atoms with E-state index in [9.17, 15) is 84.5 Å². The number of aliphatic hydroxyl groups is 1. The molecule has 0 aromatic carbocycles. The molecule has 0 rings (SSSR count). The van der Waals surface area contributed by atoms with Gasteiger partial charge in [0.2, 0.25) is 0 Å². The Morgan fingerprint density at radius 1 is 0.737 bits per heavy atom. The first-order valence-corrected chi connectivity index (χ1v) is 8.84. The SMILES string of the molecule is C#CC(C)(O)CCCOC(=O)C(F)(OC(F)(F)C(F)(OC(F)(F)C(F)(F)C(F)(F)F)C(F)(F)F)C(F)(F)F. The summed E-state index contributed by atoms with van der Waals surface area (Å²) >= 11 is 0. The molecular formula is C16H11F17O5. The van der Waals surface area contributed by atoms with Gasteiger partial charge in [0.15, 0.2) is 0 Å². The minimum Gasteiger partial charge on any atom is -0.461 e. The molecule has 0 aromatic rings. The molecule has 22 heteroatoms. The fraction of sp³-hybridized carbons (Fsp3) is 0.812. The van der Waals surface area contributed by atoms with E-state index >= 15 is 0 Å². The van der Waals surface area contributed by atoms with Crippen LogP contribution in [-0.2, 0) is 19.0 Å². The Kier molecular flexibility index (Phi) is 9.74. The van der Waals surface area contributed by atoms with Crippen LogP contribution in [0.4, 0.5) is 74.6 Å². The summed E-state index contributed by atoms with van der Waals surface area (Å²) in [6.07, 6.45) is -35.5. The average molecular weight is 606 g/mol. The van der Waals surface area contributed by atoms with Crippen LogP contribution in [0.25, 0.3) is 0 Å². The van der Waals surface area contributed by atoms with Crippen molar-refractivity contribution in [1.82, 2.24) is 0 Å². The van der Waals surface area contributed by atoms with Gasteiger partial charge >= 0.3 is 54.3 Å². The maximum absolute atomic E-state index is 14.2. The Bertz CT molecular complexity index is 885. The van der Waals surface area contributed by atoms with E-state index in [1.54, 1.807) is 5.92 Å². The van der Waals surface area contributed by atoms with Crippen molar-refractivity contribution in [3.05, 3.63) is 0 Å². The third-order valence-electron chi connectivity index (χ3n) is 3.98. The largest absolute Gasteiger partial charge is 0.462 e. The number of halogens is 17. The highest BCUT2D eigenvalue weighted by Crippen LogP contribution is 2.56. The monoisotopic (exact) mass is 606 g/mol. The lowest BCUT2D eigenvalue weighted by Crippen LogP contribution is -2.68. The van der Waals surface area contributed by atoms with Crippen molar-refractivity contribution in [3.8, 4) is 12.3 Å². The lowest BCUT2D eigenvalue weighted by atomic mass is 10.0. The first kappa shape index (κ1) is 35.7. The topological polar surface area (TPSA) is 65.0 Å². The van der Waals surface area contributed by atoms with E-state index < -0.39 is 79.4 Å². The van der Waals surface area contributed by atoms with Crippen LogP contribution >= 0.6 is 0 Å². The van der Waals surface area contributed by atoms with Gasteiger partial charge < -0.3 is 9.84 Å². The van der Waals surface area contributed by atoms with Gasteiger partial charge in [0.25, 0.3) is 0 Å². The highest BCUT2D eigenvalue weighted by atomic mass is 19.4. The Morgan fingerprint density at radius 3 is 1.53 bits per heavy atom. The smallest absolute Gasteiger partial charge is 0.461 e. The lowest BCUT2D eigenvalue weighted by molar-refractivity contribution is -0.548. The van der Waals surface area contributed by atoms with Crippen molar-refractivity contribution < 1.29 is 98.7 Å². The number of alkyl halides is 17. The predicted octanol–water partition coefficient (Wildman–Crippen LogP) is 5.57. The summed E-state index contributed by atoms with van der Waals surface area (Å²) in [6, 6.07) is 0. The van der Waals surface area contributed by atoms with Crippen LogP contribution in [-0.4, -0.2) is 71.7 Å². The van der Waals surface area contributed by atoms with Crippen molar-refractivity contribution in [1.29, 1.82) is 0 Å². The van der Waals surface area contributed by atoms with Crippen LogP contribution in [0.1, 0.15) is 19.8 Å². The summed E-state index contributed by atoms with van der Waals surface area (Å²) in [5.74, 6) is -25.0. The van der Waals surface area contributed by atoms with Crippen LogP contribution in [0.15, 0.2) is 0 Å². The van der Waals surface area contributed by atoms with E-state index in [4.69, 9.17) is 6.42 Å². The summed E-state index contributed by atoms with van der Waals surface area (Å²) in [7, 11) is 0. The molecule has 0 fully saturated rings. The molecule has 0 radical (unpaired) electrons. The lowest BCUT2D eigenvalue weighted by Gasteiger charge is -2.39. The van der Waals surface area contributed by atoms with Crippen LogP contribution in [0.3, 0.4) is 0 Å². The molecule has 0 spiro atoms. The van der Waals surface area contributed by atoms with Crippen molar-refractivity contribution in [2.45, 2.75) is 73.7 Å². The molecular weight excluding hydrogens is 595 g/mol. The zero-order valence-corrected chi connectivity index (χ0v) is 17.7. The summed E-state index contributed by atoms with van der Waals surface area (Å²) in [5, 5.41) is 9.39. The van der Waals surface area contributed by atoms with Crippen LogP contribution < -0.4 is 0 Å². The summed E-state index contributed by atoms with van der Waals surface area (Å²) in [4.78, 5) is 11.4. The number of hydrogen-bond donors (Lipinski definition) is 1. The molecule has 0 aliphatic carbocycles. The third-order valence-corrected chi connectivity index (χ3v) is 3.98. The fourth-order valence-electron chi connectivity index (χ4n) is 1.89. The Labute approximate surface area is 198 Å². The molecule has 0 amide bonds. The van der Waals surface area contributed by atoms with E-state index in [0.717, 1.165) is 6.92 Å². The van der Waals surface area contributed by atoms with Crippen molar-refractivity contribution in [2.75, 3.05) is 6.61 Å². The van der Waals surface area contributed by atoms with Gasteiger partial charge in [-0.2, -0.15) is 74.6 Å². The number of terminal acetylenes is 1. The number of hydrogen-bond acceptors (Lipinski definition) is 5. The van der Waals surface area contributed by atoms with Gasteiger partial charge in [-0.3, -0.25) is 9.47 Å². The molecule has 1 N–H and O–H groups in total. The minimum absolute atomic E-state index is 0.670. The van der Waals surface area contributed by atoms with Gasteiger partial charge in [-0.15, -0.1) is 6.42 Å². The highest BCUT2D eigenvalue weighted by Gasteiger charge is 2.85. The van der Waals surface area contributed by atoms with Crippen molar-refractivity contribution in [3.63, 3.8) is 0 Å². The highest BCUT2D eigenvalue weighted by molar-refractivity contribution is 5.78. The molecule has 5 nitrogen and oxygen atoms in total. The molecule has 0 aliphatic heterocycles. The average Bonchev–Trinajstić information content (AvgIpc) is 2.67. The van der Waals surface area contributed by atoms with Crippen molar-refractivity contribution >= 4 is 5.97 Å². The second-order valence-electron chi connectivity index (χ2n) is 7.15. The quantitative estimate of drug-likeness (QED) is 0.144. The van der Waals surface area contributed by atoms with E-state index in [1.807, 2.05) is 4.74 Å². The summed E-state index contributed by atoms with van der Waals surface area (Å²) in [6.45, 7) is -0.608. The van der Waals surface area contributed by atoms with Gasteiger partial charge in [0.05, 0.1) is 6.61 Å². The minimum atomic E-state index is -8.10. The van der Waals surface area contributed by atoms with E-state index in [1.165, 1.54) is 4.74 Å². The molecule has 0 aromatic heterocycles. The number of rotatable bonds is 11. The molecule has 0 saturated heterocycles. The standard InChI is InChI=1S/C16H11F17O5/c1-3-8(2,35)5-4-6-36-7(34)9(17,12(21,22)23)37-16(32,33)11(20,14(27,28)29)38-15(30,31)10(18,19)13(24,25)26/h1,35H,4-6H2,2H3. The molecule has 0 aliphatic rings. The molecule has 0 bridgehead atoms. The number of esters is 1. The van der Waals surface area contributed by atoms with Crippen molar-refractivity contribution in [2.24, 2.45) is 0 Å². The number of carbonyl (C=O) groups is 1. The number of ether oxygens (including phenoxy) is 3. The van der Waals surface area contributed by atoms with Crippen LogP contribution in [0, 0.1) is 12.3 Å². The first-order chi connectivity index (χ1) is 16.4. The Morgan fingerprint density at radius 2 is 1.18 bits per heavy atom. The zero-order chi connectivity index (χ0) is 31.0.